The van der Waals surface area contributed by atoms with Crippen LogP contribution in [0.5, 0.6) is 5.75 Å². The van der Waals surface area contributed by atoms with Crippen LogP contribution in [0.2, 0.25) is 5.02 Å². The number of methoxy groups -OCH3 is 1. The molecular weight excluding hydrogens is 422 g/mol. The van der Waals surface area contributed by atoms with E-state index in [-0.39, 0.29) is 0 Å². The van der Waals surface area contributed by atoms with Gasteiger partial charge in [-0.3, -0.25) is 4.98 Å². The van der Waals surface area contributed by atoms with Crippen LogP contribution in [-0.2, 0) is 6.54 Å². The van der Waals surface area contributed by atoms with Gasteiger partial charge in [0.1, 0.15) is 5.75 Å². The number of rotatable bonds is 6. The highest BCUT2D eigenvalue weighted by Gasteiger charge is 2.15. The zero-order chi connectivity index (χ0) is 21.9. The molecule has 0 fully saturated rings. The molecule has 3 heterocycles. The topological polar surface area (TPSA) is 64.9 Å². The van der Waals surface area contributed by atoms with Crippen molar-refractivity contribution >= 4 is 34.1 Å². The lowest BCUT2D eigenvalue weighted by atomic mass is 10.1. The lowest BCUT2D eigenvalue weighted by molar-refractivity contribution is 0.414. The second kappa shape index (κ2) is 8.69. The molecule has 5 rings (SSSR count). The van der Waals surface area contributed by atoms with Gasteiger partial charge in [0.05, 0.1) is 29.8 Å². The number of nitrogens with one attached hydrogen (secondary N) is 1. The van der Waals surface area contributed by atoms with E-state index in [1.165, 1.54) is 0 Å². The van der Waals surface area contributed by atoms with E-state index in [1.807, 2.05) is 77.7 Å². The van der Waals surface area contributed by atoms with E-state index >= 15 is 0 Å². The minimum absolute atomic E-state index is 0.553. The van der Waals surface area contributed by atoms with Gasteiger partial charge < -0.3 is 10.1 Å². The molecule has 32 heavy (non-hydrogen) atoms. The normalized spacial score (nSPS) is 10.9. The average Bonchev–Trinajstić information content (AvgIpc) is 3.17. The van der Waals surface area contributed by atoms with Gasteiger partial charge in [0, 0.05) is 29.7 Å². The van der Waals surface area contributed by atoms with Crippen molar-refractivity contribution in [2.75, 3.05) is 12.4 Å². The van der Waals surface area contributed by atoms with Gasteiger partial charge in [-0.1, -0.05) is 41.9 Å². The summed E-state index contributed by atoms with van der Waals surface area (Å²) < 4.78 is 7.25. The van der Waals surface area contributed by atoms with Crippen molar-refractivity contribution in [3.8, 4) is 16.9 Å². The fraction of sp³-hybridized carbons (Fsp3) is 0.0800. The first-order chi connectivity index (χ1) is 15.7. The summed E-state index contributed by atoms with van der Waals surface area (Å²) in [6.45, 7) is 0.553. The highest BCUT2D eigenvalue weighted by molar-refractivity contribution is 6.33. The first-order valence-electron chi connectivity index (χ1n) is 10.1. The summed E-state index contributed by atoms with van der Waals surface area (Å²) in [4.78, 5) is 8.98. The Bertz CT molecular complexity index is 1380. The number of hydrogen-bond donors (Lipinski definition) is 1. The number of benzene rings is 2. The fourth-order valence-electron chi connectivity index (χ4n) is 3.59. The molecule has 0 bridgehead atoms. The third-order valence-electron chi connectivity index (χ3n) is 5.18. The first-order valence-corrected chi connectivity index (χ1v) is 10.5. The zero-order valence-corrected chi connectivity index (χ0v) is 18.1. The molecule has 0 aliphatic carbocycles. The Morgan fingerprint density at radius 1 is 0.969 bits per heavy atom. The van der Waals surface area contributed by atoms with Gasteiger partial charge in [0.15, 0.2) is 11.5 Å². The van der Waals surface area contributed by atoms with Crippen molar-refractivity contribution in [2.45, 2.75) is 6.54 Å². The van der Waals surface area contributed by atoms with E-state index in [1.54, 1.807) is 13.3 Å². The van der Waals surface area contributed by atoms with Crippen molar-refractivity contribution < 1.29 is 4.74 Å². The highest BCUT2D eigenvalue weighted by Crippen LogP contribution is 2.31. The molecule has 0 unspecified atom stereocenters. The molecule has 0 amide bonds. The van der Waals surface area contributed by atoms with Gasteiger partial charge in [0.25, 0.3) is 0 Å². The Labute approximate surface area is 190 Å². The van der Waals surface area contributed by atoms with Gasteiger partial charge in [-0.25, -0.2) is 9.67 Å². The molecule has 0 saturated carbocycles. The lowest BCUT2D eigenvalue weighted by Gasteiger charge is -2.06. The van der Waals surface area contributed by atoms with E-state index in [9.17, 15) is 0 Å². The van der Waals surface area contributed by atoms with Gasteiger partial charge in [-0.2, -0.15) is 5.10 Å². The minimum Gasteiger partial charge on any atom is -0.497 e. The quantitative estimate of drug-likeness (QED) is 0.353. The zero-order valence-electron chi connectivity index (χ0n) is 17.4. The first kappa shape index (κ1) is 20.0. The van der Waals surface area contributed by atoms with E-state index in [0.29, 0.717) is 17.4 Å². The number of pyridine rings is 2. The molecule has 7 heteroatoms. The van der Waals surface area contributed by atoms with Crippen molar-refractivity contribution in [3.63, 3.8) is 0 Å². The van der Waals surface area contributed by atoms with Crippen LogP contribution in [0, 0.1) is 0 Å². The molecule has 1 N–H and O–H groups in total. The number of hydrogen-bond acceptors (Lipinski definition) is 5. The number of para-hydroxylation sites is 1. The van der Waals surface area contributed by atoms with Crippen LogP contribution in [0.15, 0.2) is 85.3 Å². The van der Waals surface area contributed by atoms with E-state index < -0.39 is 0 Å². The van der Waals surface area contributed by atoms with E-state index in [4.69, 9.17) is 26.4 Å². The molecule has 0 aliphatic heterocycles. The molecular formula is C25H20ClN5O. The average molecular weight is 442 g/mol. The smallest absolute Gasteiger partial charge is 0.162 e. The Hall–Kier alpha value is -3.90. The van der Waals surface area contributed by atoms with Gasteiger partial charge >= 0.3 is 0 Å². The summed E-state index contributed by atoms with van der Waals surface area (Å²) in [5.74, 6) is 1.49. The molecule has 0 spiro atoms. The number of aromatic nitrogens is 4. The SMILES string of the molecule is COc1cccc(Cn2nc(Nc3ccccc3Cl)c3cc(-c4cccnc4)cnc32)c1. The predicted molar refractivity (Wildman–Crippen MR) is 128 cm³/mol. The summed E-state index contributed by atoms with van der Waals surface area (Å²) in [6, 6.07) is 21.5. The standard InChI is InChI=1S/C25H20ClN5O/c1-32-20-8-4-6-17(12-20)16-31-25-21(13-19(15-28-25)18-7-5-11-27-14-18)24(30-31)29-23-10-3-2-9-22(23)26/h2-15H,16H2,1H3,(H,29,30). The summed E-state index contributed by atoms with van der Waals surface area (Å²) >= 11 is 6.39. The molecule has 0 saturated heterocycles. The second-order valence-corrected chi connectivity index (χ2v) is 7.71. The van der Waals surface area contributed by atoms with Crippen LogP contribution in [0.4, 0.5) is 11.5 Å². The number of fused-ring (bicyclic) bond motifs is 1. The van der Waals surface area contributed by atoms with Crippen molar-refractivity contribution in [2.24, 2.45) is 0 Å². The van der Waals surface area contributed by atoms with Crippen molar-refractivity contribution in [3.05, 3.63) is 95.9 Å². The van der Waals surface area contributed by atoms with Gasteiger partial charge in [-0.15, -0.1) is 0 Å². The number of anilines is 2. The number of ether oxygens (including phenoxy) is 1. The number of nitrogens with zero attached hydrogens (tertiary/aromatic N) is 4. The molecule has 0 radical (unpaired) electrons. The Morgan fingerprint density at radius 2 is 1.88 bits per heavy atom. The second-order valence-electron chi connectivity index (χ2n) is 7.30. The summed E-state index contributed by atoms with van der Waals surface area (Å²) in [5, 5.41) is 9.74. The maximum Gasteiger partial charge on any atom is 0.162 e. The molecule has 158 valence electrons. The molecule has 6 nitrogen and oxygen atoms in total. The van der Waals surface area contributed by atoms with Crippen LogP contribution in [-0.4, -0.2) is 26.9 Å². The van der Waals surface area contributed by atoms with Crippen LogP contribution in [0.1, 0.15) is 5.56 Å². The van der Waals surface area contributed by atoms with Crippen LogP contribution < -0.4 is 10.1 Å². The monoisotopic (exact) mass is 441 g/mol. The number of halogens is 1. The Morgan fingerprint density at radius 3 is 2.69 bits per heavy atom. The maximum absolute atomic E-state index is 6.39. The molecule has 2 aromatic carbocycles. The molecule has 0 aliphatic rings. The van der Waals surface area contributed by atoms with Crippen LogP contribution in [0.25, 0.3) is 22.2 Å². The van der Waals surface area contributed by atoms with Crippen molar-refractivity contribution in [1.82, 2.24) is 19.7 Å². The molecule has 5 aromatic rings. The summed E-state index contributed by atoms with van der Waals surface area (Å²) in [6.07, 6.45) is 5.43. The Kier molecular flexibility index (Phi) is 5.44. The Balaban J connectivity index is 1.61. The third kappa shape index (κ3) is 4.00. The van der Waals surface area contributed by atoms with E-state index in [0.717, 1.165) is 39.2 Å². The highest BCUT2D eigenvalue weighted by atomic mass is 35.5. The third-order valence-corrected chi connectivity index (χ3v) is 5.50. The lowest BCUT2D eigenvalue weighted by Crippen LogP contribution is -2.03. The van der Waals surface area contributed by atoms with E-state index in [2.05, 4.69) is 16.4 Å². The van der Waals surface area contributed by atoms with Gasteiger partial charge in [-0.05, 0) is 42.0 Å². The minimum atomic E-state index is 0.553. The predicted octanol–water partition coefficient (Wildman–Crippen LogP) is 5.95. The van der Waals surface area contributed by atoms with Gasteiger partial charge in [0.2, 0.25) is 0 Å². The summed E-state index contributed by atoms with van der Waals surface area (Å²) in [7, 11) is 1.66. The van der Waals surface area contributed by atoms with Crippen LogP contribution >= 0.6 is 11.6 Å². The summed E-state index contributed by atoms with van der Waals surface area (Å²) in [5.41, 5.74) is 4.58. The molecule has 0 atom stereocenters. The largest absolute Gasteiger partial charge is 0.497 e. The fourth-order valence-corrected chi connectivity index (χ4v) is 3.77. The van der Waals surface area contributed by atoms with Crippen molar-refractivity contribution in [1.29, 1.82) is 0 Å². The van der Waals surface area contributed by atoms with Crippen LogP contribution in [0.3, 0.4) is 0 Å². The maximum atomic E-state index is 6.39. The molecule has 3 aromatic heterocycles.